The van der Waals surface area contributed by atoms with Crippen molar-refractivity contribution in [2.75, 3.05) is 11.4 Å². The molecular weight excluding hydrogens is 438 g/mol. The number of methoxy groups -OCH3 is 1. The molecule has 1 heterocycles. The van der Waals surface area contributed by atoms with Crippen LogP contribution in [0.5, 0.6) is 5.75 Å². The van der Waals surface area contributed by atoms with E-state index in [9.17, 15) is 13.2 Å². The van der Waals surface area contributed by atoms with Crippen LogP contribution in [0.3, 0.4) is 0 Å². The van der Waals surface area contributed by atoms with Crippen LogP contribution in [-0.2, 0) is 22.9 Å². The zero-order valence-electron chi connectivity index (χ0n) is 18.2. The smallest absolute Gasteiger partial charge is 0.272 e. The van der Waals surface area contributed by atoms with Crippen LogP contribution in [0.4, 0.5) is 5.69 Å². The first kappa shape index (κ1) is 21.3. The summed E-state index contributed by atoms with van der Waals surface area (Å²) in [6, 6.07) is 19.6. The maximum atomic E-state index is 13.8. The second-order valence-corrected chi connectivity index (χ2v) is 9.79. The molecule has 0 saturated carbocycles. The summed E-state index contributed by atoms with van der Waals surface area (Å²) in [6.07, 6.45) is 3.88. The lowest BCUT2D eigenvalue weighted by molar-refractivity contribution is 0.101. The van der Waals surface area contributed by atoms with Crippen LogP contribution in [0.25, 0.3) is 11.0 Å². The van der Waals surface area contributed by atoms with Crippen LogP contribution in [0, 0.1) is 0 Å². The van der Waals surface area contributed by atoms with Crippen LogP contribution in [-0.4, -0.2) is 21.4 Å². The molecule has 1 aromatic heterocycles. The number of furan rings is 1. The zero-order chi connectivity index (χ0) is 23.0. The molecule has 4 aromatic rings. The minimum absolute atomic E-state index is 0.00176. The Morgan fingerprint density at radius 1 is 0.939 bits per heavy atom. The molecule has 0 unspecified atom stereocenters. The van der Waals surface area contributed by atoms with Gasteiger partial charge in [0.2, 0.25) is 0 Å². The second-order valence-electron chi connectivity index (χ2n) is 8.01. The lowest BCUT2D eigenvalue weighted by atomic mass is 9.96. The molecular formula is C26H23NO5S. The van der Waals surface area contributed by atoms with E-state index in [-0.39, 0.29) is 16.1 Å². The number of hydrogen-bond donors (Lipinski definition) is 0. The Bertz CT molecular complexity index is 1420. The Morgan fingerprint density at radius 3 is 2.39 bits per heavy atom. The Hall–Kier alpha value is -3.58. The van der Waals surface area contributed by atoms with Gasteiger partial charge >= 0.3 is 0 Å². The van der Waals surface area contributed by atoms with Crippen molar-refractivity contribution in [1.29, 1.82) is 0 Å². The van der Waals surface area contributed by atoms with Gasteiger partial charge < -0.3 is 9.15 Å². The molecule has 1 amide bonds. The summed E-state index contributed by atoms with van der Waals surface area (Å²) in [6.45, 7) is 0. The molecule has 0 bridgehead atoms. The number of hydrogen-bond acceptors (Lipinski definition) is 5. The van der Waals surface area contributed by atoms with Crippen molar-refractivity contribution < 1.29 is 22.4 Å². The molecule has 1 aliphatic carbocycles. The summed E-state index contributed by atoms with van der Waals surface area (Å²) in [5.74, 6) is 0.858. The average Bonchev–Trinajstić information content (AvgIpc) is 3.22. The average molecular weight is 462 g/mol. The molecule has 33 heavy (non-hydrogen) atoms. The molecule has 0 atom stereocenters. The molecule has 1 aliphatic rings. The molecule has 7 heteroatoms. The van der Waals surface area contributed by atoms with E-state index < -0.39 is 15.9 Å². The maximum absolute atomic E-state index is 13.8. The lowest BCUT2D eigenvalue weighted by Gasteiger charge is -2.23. The first-order valence-electron chi connectivity index (χ1n) is 10.8. The van der Waals surface area contributed by atoms with Gasteiger partial charge in [-0.15, -0.1) is 0 Å². The number of rotatable bonds is 5. The molecule has 0 radical (unpaired) electrons. The summed E-state index contributed by atoms with van der Waals surface area (Å²) >= 11 is 0. The molecule has 5 rings (SSSR count). The first-order chi connectivity index (χ1) is 16.0. The van der Waals surface area contributed by atoms with E-state index >= 15 is 0 Å². The van der Waals surface area contributed by atoms with Gasteiger partial charge in [0.25, 0.3) is 15.9 Å². The van der Waals surface area contributed by atoms with E-state index in [1.54, 1.807) is 60.7 Å². The molecule has 0 spiro atoms. The van der Waals surface area contributed by atoms with E-state index in [2.05, 4.69) is 0 Å². The van der Waals surface area contributed by atoms with Gasteiger partial charge in [0.15, 0.2) is 0 Å². The number of fused-ring (bicyclic) bond motifs is 3. The second kappa shape index (κ2) is 8.41. The predicted molar refractivity (Wildman–Crippen MR) is 126 cm³/mol. The topological polar surface area (TPSA) is 76.8 Å². The molecule has 6 nitrogen and oxygen atoms in total. The number of carbonyl (C=O) groups excluding carboxylic acids is 1. The van der Waals surface area contributed by atoms with Gasteiger partial charge in [-0.05, 0) is 73.9 Å². The molecule has 0 saturated heterocycles. The fourth-order valence-electron chi connectivity index (χ4n) is 4.29. The van der Waals surface area contributed by atoms with E-state index in [0.29, 0.717) is 11.3 Å². The third-order valence-corrected chi connectivity index (χ3v) is 7.70. The predicted octanol–water partition coefficient (Wildman–Crippen LogP) is 5.36. The number of amides is 1. The first-order valence-corrected chi connectivity index (χ1v) is 12.3. The summed E-state index contributed by atoms with van der Waals surface area (Å²) in [7, 11) is -2.69. The highest BCUT2D eigenvalue weighted by Gasteiger charge is 2.32. The van der Waals surface area contributed by atoms with E-state index in [4.69, 9.17) is 9.15 Å². The summed E-state index contributed by atoms with van der Waals surface area (Å²) in [5, 5.41) is 0.859. The Morgan fingerprint density at radius 2 is 1.67 bits per heavy atom. The molecule has 0 aliphatic heterocycles. The minimum Gasteiger partial charge on any atom is -0.497 e. The SMILES string of the molecule is COc1ccc(S(=O)(=O)N(C(=O)c2ccccc2)c2ccc3oc4c(c3c2)CCCC4)cc1. The van der Waals surface area contributed by atoms with E-state index in [0.717, 1.165) is 46.7 Å². The normalized spacial score (nSPS) is 13.5. The van der Waals surface area contributed by atoms with Gasteiger partial charge in [-0.2, -0.15) is 4.31 Å². The van der Waals surface area contributed by atoms with Crippen LogP contribution in [0.1, 0.15) is 34.5 Å². The quantitative estimate of drug-likeness (QED) is 0.400. The monoisotopic (exact) mass is 461 g/mol. The lowest BCUT2D eigenvalue weighted by Crippen LogP contribution is -2.37. The standard InChI is InChI=1S/C26H23NO5S/c1-31-20-12-14-21(15-13-20)33(29,30)27(26(28)18-7-3-2-4-8-18)19-11-16-25-23(17-19)22-9-5-6-10-24(22)32-25/h2-4,7-8,11-17H,5-6,9-10H2,1H3. The summed E-state index contributed by atoms with van der Waals surface area (Å²) < 4.78 is 39.5. The summed E-state index contributed by atoms with van der Waals surface area (Å²) in [5.41, 5.74) is 2.37. The van der Waals surface area contributed by atoms with E-state index in [1.165, 1.54) is 19.2 Å². The highest BCUT2D eigenvalue weighted by Crippen LogP contribution is 2.36. The van der Waals surface area contributed by atoms with Gasteiger partial charge in [0.1, 0.15) is 17.1 Å². The third kappa shape index (κ3) is 3.78. The van der Waals surface area contributed by atoms with Crippen molar-refractivity contribution in [1.82, 2.24) is 0 Å². The van der Waals surface area contributed by atoms with Crippen molar-refractivity contribution in [2.24, 2.45) is 0 Å². The number of nitrogens with zero attached hydrogens (tertiary/aromatic N) is 1. The third-order valence-electron chi connectivity index (χ3n) is 5.98. The van der Waals surface area contributed by atoms with Crippen molar-refractivity contribution in [3.63, 3.8) is 0 Å². The highest BCUT2D eigenvalue weighted by molar-refractivity contribution is 7.93. The number of benzene rings is 3. The van der Waals surface area contributed by atoms with Gasteiger partial charge in [0.05, 0.1) is 17.7 Å². The Kier molecular flexibility index (Phi) is 5.42. The van der Waals surface area contributed by atoms with Crippen molar-refractivity contribution in [3.8, 4) is 5.75 Å². The largest absolute Gasteiger partial charge is 0.497 e. The number of sulfonamides is 1. The van der Waals surface area contributed by atoms with Gasteiger partial charge in [-0.1, -0.05) is 18.2 Å². The van der Waals surface area contributed by atoms with Gasteiger partial charge in [0, 0.05) is 22.9 Å². The van der Waals surface area contributed by atoms with Crippen molar-refractivity contribution in [3.05, 3.63) is 89.7 Å². The van der Waals surface area contributed by atoms with Crippen LogP contribution in [0.15, 0.2) is 82.1 Å². The fourth-order valence-corrected chi connectivity index (χ4v) is 5.70. The molecule has 168 valence electrons. The minimum atomic E-state index is -4.20. The highest BCUT2D eigenvalue weighted by atomic mass is 32.2. The molecule has 0 N–H and O–H groups in total. The van der Waals surface area contributed by atoms with E-state index in [1.807, 2.05) is 0 Å². The van der Waals surface area contributed by atoms with Crippen LogP contribution >= 0.6 is 0 Å². The Balaban J connectivity index is 1.67. The molecule has 3 aromatic carbocycles. The fraction of sp³-hybridized carbons (Fsp3) is 0.192. The summed E-state index contributed by atoms with van der Waals surface area (Å²) in [4.78, 5) is 13.6. The zero-order valence-corrected chi connectivity index (χ0v) is 19.0. The van der Waals surface area contributed by atoms with Crippen molar-refractivity contribution in [2.45, 2.75) is 30.6 Å². The van der Waals surface area contributed by atoms with Crippen LogP contribution < -0.4 is 9.04 Å². The van der Waals surface area contributed by atoms with Crippen LogP contribution in [0.2, 0.25) is 0 Å². The number of carbonyl (C=O) groups is 1. The van der Waals surface area contributed by atoms with Crippen molar-refractivity contribution >= 4 is 32.6 Å². The van der Waals surface area contributed by atoms with Gasteiger partial charge in [-0.25, -0.2) is 8.42 Å². The molecule has 0 fully saturated rings. The number of aryl methyl sites for hydroxylation is 2. The number of anilines is 1. The number of ether oxygens (including phenoxy) is 1. The maximum Gasteiger partial charge on any atom is 0.272 e. The Labute approximate surface area is 192 Å². The van der Waals surface area contributed by atoms with Gasteiger partial charge in [-0.3, -0.25) is 4.79 Å².